The van der Waals surface area contributed by atoms with Gasteiger partial charge in [0, 0.05) is 31.0 Å². The van der Waals surface area contributed by atoms with Crippen LogP contribution in [0.4, 0.5) is 0 Å². The van der Waals surface area contributed by atoms with Crippen molar-refractivity contribution in [2.24, 2.45) is 0 Å². The Bertz CT molecular complexity index is 337. The third-order valence-corrected chi connectivity index (χ3v) is 6.33. The highest BCUT2D eigenvalue weighted by molar-refractivity contribution is 9.09. The Hall–Kier alpha value is 0.350. The minimum Gasteiger partial charge on any atom is -0.195 e. The van der Waals surface area contributed by atoms with Crippen molar-refractivity contribution in [1.29, 1.82) is 0 Å². The van der Waals surface area contributed by atoms with Crippen LogP contribution in [0, 0.1) is 0 Å². The lowest BCUT2D eigenvalue weighted by atomic mass is 9.93. The van der Waals surface area contributed by atoms with Gasteiger partial charge in [0.25, 0.3) is 10.2 Å². The second kappa shape index (κ2) is 5.99. The smallest absolute Gasteiger partial charge is 0.195 e. The molecule has 1 aliphatic carbocycles. The lowest BCUT2D eigenvalue weighted by molar-refractivity contribution is 0.208. The number of alkyl halides is 1. The summed E-state index contributed by atoms with van der Waals surface area (Å²) in [6, 6.07) is 0.264. The van der Waals surface area contributed by atoms with Gasteiger partial charge in [-0.15, -0.1) is 0 Å². The van der Waals surface area contributed by atoms with E-state index in [9.17, 15) is 8.42 Å². The Labute approximate surface area is 113 Å². The summed E-state index contributed by atoms with van der Waals surface area (Å²) in [5, 5.41) is 0.867. The van der Waals surface area contributed by atoms with Gasteiger partial charge in [0.1, 0.15) is 0 Å². The van der Waals surface area contributed by atoms with E-state index in [1.54, 1.807) is 8.61 Å². The predicted octanol–water partition coefficient (Wildman–Crippen LogP) is 1.97. The lowest BCUT2D eigenvalue weighted by Gasteiger charge is -2.38. The summed E-state index contributed by atoms with van der Waals surface area (Å²) in [5.41, 5.74) is 0. The molecule has 1 saturated heterocycles. The lowest BCUT2D eigenvalue weighted by Crippen LogP contribution is -2.50. The average Bonchev–Trinajstić information content (AvgIpc) is 2.74. The summed E-state index contributed by atoms with van der Waals surface area (Å²) in [6.07, 6.45) is 6.16. The van der Waals surface area contributed by atoms with Crippen LogP contribution in [0.2, 0.25) is 0 Å². The number of halogens is 1. The van der Waals surface area contributed by atoms with E-state index in [0.717, 1.165) is 37.4 Å². The van der Waals surface area contributed by atoms with Crippen molar-refractivity contribution in [3.05, 3.63) is 0 Å². The van der Waals surface area contributed by atoms with Crippen LogP contribution in [0.1, 0.15) is 38.5 Å². The molecule has 6 heteroatoms. The van der Waals surface area contributed by atoms with Gasteiger partial charge in [0.2, 0.25) is 0 Å². The van der Waals surface area contributed by atoms with Crippen LogP contribution in [-0.4, -0.2) is 48.0 Å². The summed E-state index contributed by atoms with van der Waals surface area (Å²) >= 11 is 3.38. The van der Waals surface area contributed by atoms with Gasteiger partial charge in [-0.05, 0) is 32.1 Å². The van der Waals surface area contributed by atoms with Crippen LogP contribution in [0.3, 0.4) is 0 Å². The highest BCUT2D eigenvalue weighted by Gasteiger charge is 2.37. The first-order valence-corrected chi connectivity index (χ1v) is 9.01. The maximum atomic E-state index is 12.5. The molecule has 1 aliphatic heterocycles. The molecule has 0 aromatic carbocycles. The van der Waals surface area contributed by atoms with Crippen LogP contribution in [-0.2, 0) is 10.2 Å². The standard InChI is InChI=1S/C11H21BrN2O2S/c12-7-4-10-14(11-5-3-6-11)17(15,16)13-8-1-2-9-13/h11H,1-10H2. The zero-order valence-corrected chi connectivity index (χ0v) is 12.5. The van der Waals surface area contributed by atoms with E-state index in [-0.39, 0.29) is 6.04 Å². The van der Waals surface area contributed by atoms with Crippen molar-refractivity contribution >= 4 is 26.1 Å². The number of hydrogen-bond donors (Lipinski definition) is 0. The second-order valence-corrected chi connectivity index (χ2v) is 7.53. The molecule has 0 aromatic rings. The number of rotatable bonds is 6. The van der Waals surface area contributed by atoms with Gasteiger partial charge < -0.3 is 0 Å². The average molecular weight is 325 g/mol. The van der Waals surface area contributed by atoms with Crippen LogP contribution < -0.4 is 0 Å². The first-order valence-electron chi connectivity index (χ1n) is 6.49. The van der Waals surface area contributed by atoms with Gasteiger partial charge >= 0.3 is 0 Å². The van der Waals surface area contributed by atoms with Crippen molar-refractivity contribution < 1.29 is 8.42 Å². The van der Waals surface area contributed by atoms with Gasteiger partial charge in [-0.3, -0.25) is 0 Å². The normalized spacial score (nSPS) is 23.2. The van der Waals surface area contributed by atoms with E-state index in [1.807, 2.05) is 0 Å². The molecule has 0 aromatic heterocycles. The monoisotopic (exact) mass is 324 g/mol. The van der Waals surface area contributed by atoms with Crippen LogP contribution in [0.25, 0.3) is 0 Å². The van der Waals surface area contributed by atoms with Gasteiger partial charge in [-0.1, -0.05) is 22.4 Å². The van der Waals surface area contributed by atoms with E-state index >= 15 is 0 Å². The molecule has 0 radical (unpaired) electrons. The molecule has 0 bridgehead atoms. The quantitative estimate of drug-likeness (QED) is 0.701. The Morgan fingerprint density at radius 2 is 1.82 bits per heavy atom. The van der Waals surface area contributed by atoms with Gasteiger partial charge in [0.15, 0.2) is 0 Å². The van der Waals surface area contributed by atoms with E-state index in [2.05, 4.69) is 15.9 Å². The second-order valence-electron chi connectivity index (χ2n) is 4.85. The fraction of sp³-hybridized carbons (Fsp3) is 1.00. The fourth-order valence-electron chi connectivity index (χ4n) is 2.44. The Morgan fingerprint density at radius 3 is 2.29 bits per heavy atom. The topological polar surface area (TPSA) is 40.6 Å². The van der Waals surface area contributed by atoms with Crippen molar-refractivity contribution in [2.45, 2.75) is 44.6 Å². The maximum absolute atomic E-state index is 12.5. The SMILES string of the molecule is O=S(=O)(N1CCCC1)N(CCCBr)C1CCC1. The zero-order chi connectivity index (χ0) is 12.3. The van der Waals surface area contributed by atoms with Crippen molar-refractivity contribution in [3.63, 3.8) is 0 Å². The molecule has 1 heterocycles. The summed E-state index contributed by atoms with van der Waals surface area (Å²) in [6.45, 7) is 2.08. The first-order chi connectivity index (χ1) is 8.16. The summed E-state index contributed by atoms with van der Waals surface area (Å²) in [7, 11) is -3.19. The molecule has 4 nitrogen and oxygen atoms in total. The molecule has 0 N–H and O–H groups in total. The molecule has 1 saturated carbocycles. The van der Waals surface area contributed by atoms with Crippen LogP contribution >= 0.6 is 15.9 Å². The van der Waals surface area contributed by atoms with E-state index in [0.29, 0.717) is 19.6 Å². The molecule has 2 aliphatic rings. The van der Waals surface area contributed by atoms with Gasteiger partial charge in [0.05, 0.1) is 0 Å². The highest BCUT2D eigenvalue weighted by atomic mass is 79.9. The molecular weight excluding hydrogens is 304 g/mol. The Balaban J connectivity index is 2.06. The number of nitrogens with zero attached hydrogens (tertiary/aromatic N) is 2. The maximum Gasteiger partial charge on any atom is 0.282 e. The minimum absolute atomic E-state index is 0.264. The third kappa shape index (κ3) is 3.03. The van der Waals surface area contributed by atoms with Gasteiger partial charge in [-0.2, -0.15) is 17.0 Å². The van der Waals surface area contributed by atoms with Crippen molar-refractivity contribution in [1.82, 2.24) is 8.61 Å². The molecule has 100 valence electrons. The molecule has 0 unspecified atom stereocenters. The minimum atomic E-state index is -3.19. The predicted molar refractivity (Wildman–Crippen MR) is 72.5 cm³/mol. The van der Waals surface area contributed by atoms with Crippen molar-refractivity contribution in [3.8, 4) is 0 Å². The molecule has 17 heavy (non-hydrogen) atoms. The van der Waals surface area contributed by atoms with E-state index < -0.39 is 10.2 Å². The van der Waals surface area contributed by atoms with E-state index in [4.69, 9.17) is 0 Å². The van der Waals surface area contributed by atoms with Crippen molar-refractivity contribution in [2.75, 3.05) is 25.0 Å². The Kier molecular flexibility index (Phi) is 4.86. The molecule has 2 rings (SSSR count). The van der Waals surface area contributed by atoms with Gasteiger partial charge in [-0.25, -0.2) is 0 Å². The molecule has 0 amide bonds. The highest BCUT2D eigenvalue weighted by Crippen LogP contribution is 2.29. The molecular formula is C11H21BrN2O2S. The molecule has 2 fully saturated rings. The summed E-state index contributed by atoms with van der Waals surface area (Å²) in [5.74, 6) is 0. The van der Waals surface area contributed by atoms with E-state index in [1.165, 1.54) is 6.42 Å². The first kappa shape index (κ1) is 13.8. The number of hydrogen-bond acceptors (Lipinski definition) is 2. The zero-order valence-electron chi connectivity index (χ0n) is 10.1. The molecule has 0 spiro atoms. The summed E-state index contributed by atoms with van der Waals surface area (Å²) in [4.78, 5) is 0. The fourth-order valence-corrected chi connectivity index (χ4v) is 4.66. The molecule has 0 atom stereocenters. The largest absolute Gasteiger partial charge is 0.282 e. The van der Waals surface area contributed by atoms with Crippen LogP contribution in [0.5, 0.6) is 0 Å². The summed E-state index contributed by atoms with van der Waals surface area (Å²) < 4.78 is 28.4. The van der Waals surface area contributed by atoms with Crippen LogP contribution in [0.15, 0.2) is 0 Å². The third-order valence-electron chi connectivity index (χ3n) is 3.68. The Morgan fingerprint density at radius 1 is 1.18 bits per heavy atom.